The molecule has 1 heterocycles. The Morgan fingerprint density at radius 2 is 1.57 bits per heavy atom. The smallest absolute Gasteiger partial charge is 0.265 e. The Morgan fingerprint density at radius 1 is 0.943 bits per heavy atom. The number of carbonyl (C=O) groups excluding carboxylic acids is 2. The molecule has 4 rings (SSSR count). The normalized spacial score (nSPS) is 14.7. The van der Waals surface area contributed by atoms with E-state index in [2.05, 4.69) is 5.32 Å². The maximum atomic E-state index is 13.8. The van der Waals surface area contributed by atoms with E-state index >= 15 is 0 Å². The van der Waals surface area contributed by atoms with Gasteiger partial charge in [0.2, 0.25) is 5.91 Å². The van der Waals surface area contributed by atoms with Crippen LogP contribution in [0, 0.1) is 0 Å². The molecule has 2 aromatic carbocycles. The molecule has 1 fully saturated rings. The van der Waals surface area contributed by atoms with Gasteiger partial charge in [0, 0.05) is 12.6 Å². The van der Waals surface area contributed by atoms with Gasteiger partial charge in [0.1, 0.15) is 17.5 Å². The predicted molar refractivity (Wildman–Crippen MR) is 138 cm³/mol. The molecule has 1 N–H and O–H groups in total. The van der Waals surface area contributed by atoms with Crippen molar-refractivity contribution in [3.63, 3.8) is 0 Å². The number of hydrogen-bond donors (Lipinski definition) is 1. The van der Waals surface area contributed by atoms with E-state index < -0.39 is 6.04 Å². The molecular weight excluding hydrogens is 460 g/mol. The summed E-state index contributed by atoms with van der Waals surface area (Å²) in [7, 11) is 3.23. The van der Waals surface area contributed by atoms with E-state index in [0.29, 0.717) is 10.6 Å². The molecule has 0 aliphatic heterocycles. The molecule has 1 atom stereocenters. The lowest BCUT2D eigenvalue weighted by atomic mass is 9.94. The van der Waals surface area contributed by atoms with Crippen molar-refractivity contribution in [2.75, 3.05) is 14.2 Å². The van der Waals surface area contributed by atoms with Crippen LogP contribution in [0.2, 0.25) is 0 Å². The minimum atomic E-state index is -0.778. The number of rotatable bonds is 9. The zero-order chi connectivity index (χ0) is 24.6. The third-order valence-corrected chi connectivity index (χ3v) is 7.31. The van der Waals surface area contributed by atoms with E-state index in [-0.39, 0.29) is 24.4 Å². The van der Waals surface area contributed by atoms with Gasteiger partial charge in [0.25, 0.3) is 5.91 Å². The van der Waals surface area contributed by atoms with E-state index in [1.807, 2.05) is 60.0 Å². The number of carbonyl (C=O) groups is 2. The summed E-state index contributed by atoms with van der Waals surface area (Å²) in [6.45, 7) is 0.287. The maximum absolute atomic E-state index is 13.8. The van der Waals surface area contributed by atoms with E-state index in [1.165, 1.54) is 17.8 Å². The van der Waals surface area contributed by atoms with Gasteiger partial charge >= 0.3 is 0 Å². The summed E-state index contributed by atoms with van der Waals surface area (Å²) in [6, 6.07) is 18.0. The number of amides is 2. The molecule has 0 saturated heterocycles. The van der Waals surface area contributed by atoms with Crippen LogP contribution in [0.4, 0.5) is 0 Å². The summed E-state index contributed by atoms with van der Waals surface area (Å²) >= 11 is 1.38. The summed E-state index contributed by atoms with van der Waals surface area (Å²) in [4.78, 5) is 29.9. The first-order valence-electron chi connectivity index (χ1n) is 12.0. The average molecular weight is 493 g/mol. The van der Waals surface area contributed by atoms with Crippen molar-refractivity contribution in [3.8, 4) is 11.5 Å². The summed E-state index contributed by atoms with van der Waals surface area (Å²) in [6.07, 6.45) is 5.37. The molecule has 6 nitrogen and oxygen atoms in total. The molecule has 1 aliphatic carbocycles. The lowest BCUT2D eigenvalue weighted by molar-refractivity contribution is -0.127. The molecular formula is C28H32N2O4S. The van der Waals surface area contributed by atoms with Crippen molar-refractivity contribution in [2.45, 2.75) is 50.7 Å². The minimum absolute atomic E-state index is 0.136. The summed E-state index contributed by atoms with van der Waals surface area (Å²) < 4.78 is 10.6. The van der Waals surface area contributed by atoms with Gasteiger partial charge in [0.05, 0.1) is 19.1 Å². The molecule has 0 spiro atoms. The molecule has 35 heavy (non-hydrogen) atoms. The van der Waals surface area contributed by atoms with Gasteiger partial charge in [0.15, 0.2) is 0 Å². The highest BCUT2D eigenvalue weighted by Gasteiger charge is 2.34. The SMILES string of the molecule is COc1ccc(CN(C(=O)c2cccs2)[C@H](C(=O)NC2CCCCC2)c2ccc(OC)cc2)cc1. The van der Waals surface area contributed by atoms with Crippen LogP contribution in [-0.4, -0.2) is 37.0 Å². The highest BCUT2D eigenvalue weighted by Crippen LogP contribution is 2.30. The topological polar surface area (TPSA) is 67.9 Å². The molecule has 0 unspecified atom stereocenters. The first-order valence-corrected chi connectivity index (χ1v) is 12.9. The van der Waals surface area contributed by atoms with Crippen LogP contribution in [0.25, 0.3) is 0 Å². The van der Waals surface area contributed by atoms with Crippen LogP contribution in [-0.2, 0) is 11.3 Å². The van der Waals surface area contributed by atoms with Crippen LogP contribution in [0.5, 0.6) is 11.5 Å². The first-order chi connectivity index (χ1) is 17.1. The average Bonchev–Trinajstić information content (AvgIpc) is 3.44. The molecule has 2 amide bonds. The number of methoxy groups -OCH3 is 2. The first kappa shape index (κ1) is 24.8. The van der Waals surface area contributed by atoms with Crippen LogP contribution < -0.4 is 14.8 Å². The second kappa shape index (κ2) is 11.9. The zero-order valence-corrected chi connectivity index (χ0v) is 21.1. The van der Waals surface area contributed by atoms with Crippen molar-refractivity contribution in [1.82, 2.24) is 10.2 Å². The minimum Gasteiger partial charge on any atom is -0.497 e. The van der Waals surface area contributed by atoms with Gasteiger partial charge in [-0.15, -0.1) is 11.3 Å². The van der Waals surface area contributed by atoms with Gasteiger partial charge in [-0.25, -0.2) is 0 Å². The van der Waals surface area contributed by atoms with Crippen LogP contribution in [0.3, 0.4) is 0 Å². The molecule has 184 valence electrons. The van der Waals surface area contributed by atoms with Crippen molar-refractivity contribution in [2.24, 2.45) is 0 Å². The standard InChI is InChI=1S/C28H32N2O4S/c1-33-23-14-10-20(11-15-23)19-30(28(32)25-9-6-18-35-25)26(21-12-16-24(34-2)17-13-21)27(31)29-22-7-4-3-5-8-22/h6,9-18,22,26H,3-5,7-8,19H2,1-2H3,(H,29,31)/t26-/m0/s1. The summed E-state index contributed by atoms with van der Waals surface area (Å²) in [5, 5.41) is 5.13. The third-order valence-electron chi connectivity index (χ3n) is 6.45. The van der Waals surface area contributed by atoms with Gasteiger partial charge in [-0.2, -0.15) is 0 Å². The fourth-order valence-corrected chi connectivity index (χ4v) is 5.21. The number of nitrogens with one attached hydrogen (secondary N) is 1. The molecule has 1 aliphatic rings. The maximum Gasteiger partial charge on any atom is 0.265 e. The Bertz CT molecular complexity index is 1090. The molecule has 0 radical (unpaired) electrons. The Balaban J connectivity index is 1.71. The van der Waals surface area contributed by atoms with Crippen LogP contribution in [0.1, 0.15) is 58.9 Å². The quantitative estimate of drug-likeness (QED) is 0.422. The lowest BCUT2D eigenvalue weighted by Gasteiger charge is -2.33. The fraction of sp³-hybridized carbons (Fsp3) is 0.357. The Morgan fingerprint density at radius 3 is 2.14 bits per heavy atom. The van der Waals surface area contributed by atoms with E-state index in [9.17, 15) is 9.59 Å². The fourth-order valence-electron chi connectivity index (χ4n) is 4.54. The highest BCUT2D eigenvalue weighted by molar-refractivity contribution is 7.12. The summed E-state index contributed by atoms with van der Waals surface area (Å²) in [5.74, 6) is 1.12. The van der Waals surface area contributed by atoms with Gasteiger partial charge in [-0.3, -0.25) is 9.59 Å². The molecule has 3 aromatic rings. The Hall–Kier alpha value is -3.32. The van der Waals surface area contributed by atoms with Crippen molar-refractivity contribution in [3.05, 3.63) is 82.0 Å². The molecule has 1 aromatic heterocycles. The largest absolute Gasteiger partial charge is 0.497 e. The van der Waals surface area contributed by atoms with Crippen molar-refractivity contribution < 1.29 is 19.1 Å². The molecule has 1 saturated carbocycles. The number of ether oxygens (including phenoxy) is 2. The Labute approximate surface area is 210 Å². The zero-order valence-electron chi connectivity index (χ0n) is 20.2. The Kier molecular flexibility index (Phi) is 8.42. The van der Waals surface area contributed by atoms with E-state index in [1.54, 1.807) is 25.2 Å². The predicted octanol–water partition coefficient (Wildman–Crippen LogP) is 5.60. The van der Waals surface area contributed by atoms with E-state index in [4.69, 9.17) is 9.47 Å². The number of hydrogen-bond acceptors (Lipinski definition) is 5. The van der Waals surface area contributed by atoms with Gasteiger partial charge in [-0.1, -0.05) is 49.6 Å². The second-order valence-electron chi connectivity index (χ2n) is 8.78. The van der Waals surface area contributed by atoms with Crippen LogP contribution in [0.15, 0.2) is 66.0 Å². The molecule has 0 bridgehead atoms. The second-order valence-corrected chi connectivity index (χ2v) is 9.73. The monoisotopic (exact) mass is 492 g/mol. The highest BCUT2D eigenvalue weighted by atomic mass is 32.1. The van der Waals surface area contributed by atoms with Gasteiger partial charge in [-0.05, 0) is 59.7 Å². The third kappa shape index (κ3) is 6.22. The van der Waals surface area contributed by atoms with Gasteiger partial charge < -0.3 is 19.7 Å². The number of thiophene rings is 1. The number of benzene rings is 2. The summed E-state index contributed by atoms with van der Waals surface area (Å²) in [5.41, 5.74) is 1.66. The lowest BCUT2D eigenvalue weighted by Crippen LogP contribution is -2.46. The number of nitrogens with zero attached hydrogens (tertiary/aromatic N) is 1. The van der Waals surface area contributed by atoms with E-state index in [0.717, 1.165) is 42.6 Å². The van der Waals surface area contributed by atoms with Crippen molar-refractivity contribution in [1.29, 1.82) is 0 Å². The van der Waals surface area contributed by atoms with Crippen LogP contribution >= 0.6 is 11.3 Å². The van der Waals surface area contributed by atoms with Crippen molar-refractivity contribution >= 4 is 23.2 Å². The molecule has 7 heteroatoms.